The molecule has 1 aliphatic carbocycles. The van der Waals surface area contributed by atoms with Gasteiger partial charge in [-0.15, -0.1) is 21.5 Å². The molecule has 13 heteroatoms. The van der Waals surface area contributed by atoms with Gasteiger partial charge in [0, 0.05) is 17.8 Å². The van der Waals surface area contributed by atoms with Gasteiger partial charge in [-0.05, 0) is 36.6 Å². The molecule has 4 aromatic rings. The molecule has 9 nitrogen and oxygen atoms in total. The Morgan fingerprint density at radius 1 is 1.17 bits per heavy atom. The number of rotatable bonds is 8. The second kappa shape index (κ2) is 8.89. The molecule has 0 radical (unpaired) electrons. The number of hydrogen-bond donors (Lipinski definition) is 2. The molecule has 1 fully saturated rings. The zero-order chi connectivity index (χ0) is 24.6. The zero-order valence-corrected chi connectivity index (χ0v) is 18.9. The number of carbonyl (C=O) groups excluding carboxylic acids is 1. The van der Waals surface area contributed by atoms with Crippen LogP contribution in [0.1, 0.15) is 29.6 Å². The van der Waals surface area contributed by atoms with Gasteiger partial charge < -0.3 is 20.2 Å². The summed E-state index contributed by atoms with van der Waals surface area (Å²) in [4.78, 5) is 20.5. The van der Waals surface area contributed by atoms with Crippen molar-refractivity contribution in [2.75, 3.05) is 6.61 Å². The maximum absolute atomic E-state index is 12.3. The fourth-order valence-corrected chi connectivity index (χ4v) is 4.30. The Morgan fingerprint density at radius 3 is 2.66 bits per heavy atom. The molecule has 1 amide bonds. The number of benzene rings is 1. The van der Waals surface area contributed by atoms with Crippen LogP contribution in [-0.2, 0) is 17.6 Å². The minimum Gasteiger partial charge on any atom is -0.468 e. The smallest absolute Gasteiger partial charge is 0.422 e. The van der Waals surface area contributed by atoms with Gasteiger partial charge in [0.15, 0.2) is 6.61 Å². The van der Waals surface area contributed by atoms with E-state index < -0.39 is 18.4 Å². The van der Waals surface area contributed by atoms with Gasteiger partial charge >= 0.3 is 6.18 Å². The predicted octanol–water partition coefficient (Wildman–Crippen LogP) is 3.38. The first-order valence-electron chi connectivity index (χ1n) is 10.6. The SMILES string of the molecule is NC1(NC(=O)Cc2nnc(Cc3nc4ccc(-c5ccc(OCC(F)(F)F)nc5)cc4s3)o2)CC1. The Bertz CT molecular complexity index is 1370. The van der Waals surface area contributed by atoms with Crippen LogP contribution in [0.25, 0.3) is 21.3 Å². The van der Waals surface area contributed by atoms with E-state index in [-0.39, 0.29) is 24.1 Å². The van der Waals surface area contributed by atoms with E-state index in [0.29, 0.717) is 12.3 Å². The van der Waals surface area contributed by atoms with E-state index in [9.17, 15) is 18.0 Å². The summed E-state index contributed by atoms with van der Waals surface area (Å²) in [5, 5.41) is 11.4. The van der Waals surface area contributed by atoms with Gasteiger partial charge in [0.1, 0.15) is 11.4 Å². The van der Waals surface area contributed by atoms with Crippen molar-refractivity contribution >= 4 is 27.5 Å². The van der Waals surface area contributed by atoms with E-state index >= 15 is 0 Å². The lowest BCUT2D eigenvalue weighted by atomic mass is 10.1. The monoisotopic (exact) mass is 504 g/mol. The molecule has 3 N–H and O–H groups in total. The van der Waals surface area contributed by atoms with E-state index in [1.165, 1.54) is 23.6 Å². The normalized spacial score (nSPS) is 14.7. The summed E-state index contributed by atoms with van der Waals surface area (Å²) < 4.78 is 48.0. The van der Waals surface area contributed by atoms with Crippen LogP contribution in [0.3, 0.4) is 0 Å². The number of carbonyl (C=O) groups is 1. The number of nitrogens with zero attached hydrogens (tertiary/aromatic N) is 4. The molecule has 0 bridgehead atoms. The fourth-order valence-electron chi connectivity index (χ4n) is 3.30. The molecule has 1 aromatic carbocycles. The number of amides is 1. The third-order valence-corrected chi connectivity index (χ3v) is 6.20. The van der Waals surface area contributed by atoms with Crippen LogP contribution in [0, 0.1) is 0 Å². The maximum atomic E-state index is 12.3. The van der Waals surface area contributed by atoms with Gasteiger partial charge in [-0.3, -0.25) is 4.79 Å². The largest absolute Gasteiger partial charge is 0.468 e. The van der Waals surface area contributed by atoms with Gasteiger partial charge in [0.2, 0.25) is 23.6 Å². The van der Waals surface area contributed by atoms with Crippen molar-refractivity contribution in [3.05, 3.63) is 53.3 Å². The lowest BCUT2D eigenvalue weighted by Crippen LogP contribution is -2.44. The lowest BCUT2D eigenvalue weighted by molar-refractivity contribution is -0.154. The van der Waals surface area contributed by atoms with Gasteiger partial charge in [0.25, 0.3) is 0 Å². The Morgan fingerprint density at radius 2 is 1.94 bits per heavy atom. The van der Waals surface area contributed by atoms with Crippen molar-refractivity contribution in [3.63, 3.8) is 0 Å². The molecule has 0 unspecified atom stereocenters. The molecule has 5 rings (SSSR count). The molecule has 182 valence electrons. The maximum Gasteiger partial charge on any atom is 0.422 e. The summed E-state index contributed by atoms with van der Waals surface area (Å²) in [6, 6.07) is 8.67. The Kier molecular flexibility index (Phi) is 5.89. The molecule has 0 atom stereocenters. The number of nitrogens with two attached hydrogens (primary N) is 1. The highest BCUT2D eigenvalue weighted by Gasteiger charge is 2.39. The standard InChI is InChI=1S/C22H19F3N6O3S/c23-22(24,25)11-33-17-4-2-13(10-27-17)12-1-3-14-15(7-12)35-20(28-14)9-19-31-30-18(34-19)8-16(32)29-21(26)5-6-21/h1-4,7,10H,5-6,8-9,11,26H2,(H,29,32). The van der Waals surface area contributed by atoms with Crippen LogP contribution in [0.4, 0.5) is 13.2 Å². The molecule has 0 aliphatic heterocycles. The highest BCUT2D eigenvalue weighted by molar-refractivity contribution is 7.18. The van der Waals surface area contributed by atoms with Crippen molar-refractivity contribution in [2.24, 2.45) is 5.73 Å². The third-order valence-electron chi connectivity index (χ3n) is 5.19. The number of thiazole rings is 1. The quantitative estimate of drug-likeness (QED) is 0.350. The summed E-state index contributed by atoms with van der Waals surface area (Å²) in [6.07, 6.45) is -1.17. The van der Waals surface area contributed by atoms with Crippen LogP contribution in [-0.4, -0.2) is 44.5 Å². The first-order valence-corrected chi connectivity index (χ1v) is 11.4. The number of nitrogens with one attached hydrogen (secondary N) is 1. The first kappa shape index (κ1) is 23.2. The minimum atomic E-state index is -4.42. The van der Waals surface area contributed by atoms with E-state index in [1.54, 1.807) is 6.07 Å². The zero-order valence-electron chi connectivity index (χ0n) is 18.1. The van der Waals surface area contributed by atoms with Crippen molar-refractivity contribution < 1.29 is 27.1 Å². The molecule has 1 aliphatic rings. The van der Waals surface area contributed by atoms with Gasteiger partial charge in [-0.2, -0.15) is 13.2 Å². The second-order valence-corrected chi connectivity index (χ2v) is 9.34. The average Bonchev–Trinajstić information content (AvgIpc) is 3.17. The summed E-state index contributed by atoms with van der Waals surface area (Å²) in [6.45, 7) is -1.39. The average molecular weight is 504 g/mol. The number of fused-ring (bicyclic) bond motifs is 1. The summed E-state index contributed by atoms with van der Waals surface area (Å²) in [7, 11) is 0. The minimum absolute atomic E-state index is 0.0385. The molecular formula is C22H19F3N6O3S. The fraction of sp³-hybridized carbons (Fsp3) is 0.318. The molecule has 35 heavy (non-hydrogen) atoms. The highest BCUT2D eigenvalue weighted by Crippen LogP contribution is 2.30. The lowest BCUT2D eigenvalue weighted by Gasteiger charge is -2.09. The number of aromatic nitrogens is 4. The molecule has 3 heterocycles. The summed E-state index contributed by atoms with van der Waals surface area (Å²) in [5.74, 6) is 0.195. The second-order valence-electron chi connectivity index (χ2n) is 8.23. The van der Waals surface area contributed by atoms with E-state index in [4.69, 9.17) is 10.2 Å². The molecule has 3 aromatic heterocycles. The van der Waals surface area contributed by atoms with Crippen molar-refractivity contribution in [3.8, 4) is 17.0 Å². The summed E-state index contributed by atoms with van der Waals surface area (Å²) in [5.41, 5.74) is 7.62. The van der Waals surface area contributed by atoms with Gasteiger partial charge in [0.05, 0.1) is 22.3 Å². The molecular weight excluding hydrogens is 485 g/mol. The Labute approximate surface area is 200 Å². The number of pyridine rings is 1. The highest BCUT2D eigenvalue weighted by atomic mass is 32.1. The van der Waals surface area contributed by atoms with E-state index in [1.807, 2.05) is 18.2 Å². The number of halogens is 3. The number of hydrogen-bond acceptors (Lipinski definition) is 9. The van der Waals surface area contributed by atoms with Crippen molar-refractivity contribution in [1.29, 1.82) is 0 Å². The molecule has 0 spiro atoms. The van der Waals surface area contributed by atoms with Crippen molar-refractivity contribution in [2.45, 2.75) is 37.5 Å². The molecule has 0 saturated heterocycles. The topological polar surface area (TPSA) is 129 Å². The Balaban J connectivity index is 1.24. The van der Waals surface area contributed by atoms with E-state index in [2.05, 4.69) is 30.2 Å². The van der Waals surface area contributed by atoms with Crippen molar-refractivity contribution in [1.82, 2.24) is 25.5 Å². The number of ether oxygens (including phenoxy) is 1. The van der Waals surface area contributed by atoms with E-state index in [0.717, 1.165) is 39.2 Å². The van der Waals surface area contributed by atoms with Crippen LogP contribution in [0.2, 0.25) is 0 Å². The number of alkyl halides is 3. The van der Waals surface area contributed by atoms with Crippen LogP contribution in [0.5, 0.6) is 5.88 Å². The van der Waals surface area contributed by atoms with Crippen LogP contribution >= 0.6 is 11.3 Å². The first-order chi connectivity index (χ1) is 16.6. The van der Waals surface area contributed by atoms with Crippen LogP contribution < -0.4 is 15.8 Å². The van der Waals surface area contributed by atoms with Gasteiger partial charge in [-0.25, -0.2) is 9.97 Å². The van der Waals surface area contributed by atoms with Crippen LogP contribution in [0.15, 0.2) is 40.9 Å². The Hall–Kier alpha value is -3.58. The summed E-state index contributed by atoms with van der Waals surface area (Å²) >= 11 is 1.45. The molecule has 1 saturated carbocycles. The van der Waals surface area contributed by atoms with Gasteiger partial charge in [-0.1, -0.05) is 6.07 Å². The third kappa shape index (κ3) is 5.92. The predicted molar refractivity (Wildman–Crippen MR) is 120 cm³/mol.